The summed E-state index contributed by atoms with van der Waals surface area (Å²) in [6.07, 6.45) is 6.07. The van der Waals surface area contributed by atoms with Gasteiger partial charge in [0.2, 0.25) is 0 Å². The third-order valence-electron chi connectivity index (χ3n) is 4.80. The number of likely N-dealkylation sites (tertiary alicyclic amines) is 2. The van der Waals surface area contributed by atoms with Crippen molar-refractivity contribution in [2.24, 2.45) is 5.41 Å². The van der Waals surface area contributed by atoms with Crippen LogP contribution in [0.1, 0.15) is 32.1 Å². The Morgan fingerprint density at radius 3 is 2.18 bits per heavy atom. The number of hydrogen-bond donors (Lipinski definition) is 1. The summed E-state index contributed by atoms with van der Waals surface area (Å²) >= 11 is 0. The summed E-state index contributed by atoms with van der Waals surface area (Å²) in [6, 6.07) is 0.295. The van der Waals surface area contributed by atoms with Crippen molar-refractivity contribution in [3.05, 3.63) is 0 Å². The van der Waals surface area contributed by atoms with Gasteiger partial charge in [0.05, 0.1) is 0 Å². The monoisotopic (exact) mass is 237 g/mol. The third kappa shape index (κ3) is 2.15. The van der Waals surface area contributed by atoms with Crippen molar-refractivity contribution in [3.63, 3.8) is 0 Å². The number of hydrogen-bond acceptors (Lipinski definition) is 2. The van der Waals surface area contributed by atoms with Crippen molar-refractivity contribution in [2.75, 3.05) is 39.3 Å². The number of piperidine rings is 1. The number of nitrogens with zero attached hydrogens (tertiary/aromatic N) is 2. The molecule has 17 heavy (non-hydrogen) atoms. The smallest absolute Gasteiger partial charge is 0.319 e. The first-order valence-corrected chi connectivity index (χ1v) is 7.04. The van der Waals surface area contributed by atoms with Crippen molar-refractivity contribution in [2.45, 2.75) is 32.1 Å². The lowest BCUT2D eigenvalue weighted by molar-refractivity contribution is 0.110. The summed E-state index contributed by atoms with van der Waals surface area (Å²) in [5.74, 6) is 0. The lowest BCUT2D eigenvalue weighted by Gasteiger charge is -2.40. The maximum atomic E-state index is 12.2. The molecule has 3 aliphatic rings. The van der Waals surface area contributed by atoms with Crippen LogP contribution < -0.4 is 5.32 Å². The minimum absolute atomic E-state index is 0.295. The molecule has 0 unspecified atom stereocenters. The third-order valence-corrected chi connectivity index (χ3v) is 4.80. The number of carbonyl (C=O) groups excluding carboxylic acids is 1. The highest BCUT2D eigenvalue weighted by Gasteiger charge is 2.38. The Morgan fingerprint density at radius 1 is 0.941 bits per heavy atom. The SMILES string of the molecule is O=C(N1CCCC1)N1CCC2(CCNC2)CC1. The molecule has 0 saturated carbocycles. The molecule has 3 saturated heterocycles. The molecule has 0 aliphatic carbocycles. The van der Waals surface area contributed by atoms with Gasteiger partial charge < -0.3 is 15.1 Å². The average molecular weight is 237 g/mol. The molecule has 0 aromatic heterocycles. The van der Waals surface area contributed by atoms with Crippen molar-refractivity contribution >= 4 is 6.03 Å². The second-order valence-electron chi connectivity index (χ2n) is 5.89. The highest BCUT2D eigenvalue weighted by atomic mass is 16.2. The van der Waals surface area contributed by atoms with Crippen molar-refractivity contribution in [1.82, 2.24) is 15.1 Å². The van der Waals surface area contributed by atoms with E-state index in [0.29, 0.717) is 11.4 Å². The van der Waals surface area contributed by atoms with Crippen molar-refractivity contribution in [1.29, 1.82) is 0 Å². The van der Waals surface area contributed by atoms with E-state index in [1.54, 1.807) is 0 Å². The molecule has 0 aromatic carbocycles. The summed E-state index contributed by atoms with van der Waals surface area (Å²) in [6.45, 7) is 6.22. The van der Waals surface area contributed by atoms with Crippen LogP contribution in [0.5, 0.6) is 0 Å². The molecule has 3 aliphatic heterocycles. The van der Waals surface area contributed by atoms with Crippen LogP contribution in [0.3, 0.4) is 0 Å². The molecule has 3 fully saturated rings. The first-order valence-electron chi connectivity index (χ1n) is 7.04. The standard InChI is InChI=1S/C13H23N3O/c17-12(15-7-1-2-8-15)16-9-4-13(5-10-16)3-6-14-11-13/h14H,1-11H2. The Morgan fingerprint density at radius 2 is 1.59 bits per heavy atom. The van der Waals surface area contributed by atoms with Gasteiger partial charge in [-0.3, -0.25) is 0 Å². The quantitative estimate of drug-likeness (QED) is 0.689. The number of urea groups is 1. The molecule has 4 heteroatoms. The van der Waals surface area contributed by atoms with Crippen LogP contribution in [-0.4, -0.2) is 55.1 Å². The van der Waals surface area contributed by atoms with Gasteiger partial charge >= 0.3 is 6.03 Å². The minimum atomic E-state index is 0.295. The fourth-order valence-electron chi connectivity index (χ4n) is 3.50. The van der Waals surface area contributed by atoms with Crippen molar-refractivity contribution in [3.8, 4) is 0 Å². The maximum absolute atomic E-state index is 12.2. The van der Waals surface area contributed by atoms with E-state index in [1.165, 1.54) is 45.2 Å². The number of nitrogens with one attached hydrogen (secondary N) is 1. The Labute approximate surface area is 103 Å². The Kier molecular flexibility index (Phi) is 2.99. The zero-order valence-electron chi connectivity index (χ0n) is 10.6. The molecule has 0 atom stereocenters. The molecule has 0 radical (unpaired) electrons. The van der Waals surface area contributed by atoms with E-state index < -0.39 is 0 Å². The number of amides is 2. The van der Waals surface area contributed by atoms with Crippen molar-refractivity contribution < 1.29 is 4.79 Å². The Balaban J connectivity index is 1.55. The molecular weight excluding hydrogens is 214 g/mol. The largest absolute Gasteiger partial charge is 0.325 e. The molecule has 96 valence electrons. The second kappa shape index (κ2) is 4.48. The predicted octanol–water partition coefficient (Wildman–Crippen LogP) is 1.28. The Hall–Kier alpha value is -0.770. The van der Waals surface area contributed by atoms with Crippen LogP contribution in [0.2, 0.25) is 0 Å². The van der Waals surface area contributed by atoms with Gasteiger partial charge in [-0.2, -0.15) is 0 Å². The topological polar surface area (TPSA) is 35.6 Å². The van der Waals surface area contributed by atoms with Gasteiger partial charge in [-0.05, 0) is 44.1 Å². The van der Waals surface area contributed by atoms with E-state index in [2.05, 4.69) is 10.2 Å². The predicted molar refractivity (Wildman–Crippen MR) is 66.9 cm³/mol. The van der Waals surface area contributed by atoms with Crippen LogP contribution in [0.4, 0.5) is 4.79 Å². The molecule has 2 amide bonds. The molecular formula is C13H23N3O. The van der Waals surface area contributed by atoms with Crippen LogP contribution in [0.25, 0.3) is 0 Å². The van der Waals surface area contributed by atoms with E-state index in [1.807, 2.05) is 4.90 Å². The molecule has 1 N–H and O–H groups in total. The summed E-state index contributed by atoms with van der Waals surface area (Å²) in [7, 11) is 0. The number of carbonyl (C=O) groups is 1. The molecule has 4 nitrogen and oxygen atoms in total. The van der Waals surface area contributed by atoms with Crippen LogP contribution in [0.15, 0.2) is 0 Å². The Bertz CT molecular complexity index is 283. The van der Waals surface area contributed by atoms with Gasteiger partial charge in [-0.25, -0.2) is 4.79 Å². The highest BCUT2D eigenvalue weighted by Crippen LogP contribution is 2.37. The first kappa shape index (κ1) is 11.3. The van der Waals surface area contributed by atoms with E-state index in [-0.39, 0.29) is 0 Å². The van der Waals surface area contributed by atoms with E-state index >= 15 is 0 Å². The molecule has 0 bridgehead atoms. The average Bonchev–Trinajstić information content (AvgIpc) is 3.01. The normalized spacial score (nSPS) is 28.0. The van der Waals surface area contributed by atoms with E-state index in [4.69, 9.17) is 0 Å². The molecule has 3 rings (SSSR count). The van der Waals surface area contributed by atoms with Gasteiger partial charge in [0.25, 0.3) is 0 Å². The zero-order valence-corrected chi connectivity index (χ0v) is 10.6. The molecule has 0 aromatic rings. The van der Waals surface area contributed by atoms with Gasteiger partial charge in [0.15, 0.2) is 0 Å². The summed E-state index contributed by atoms with van der Waals surface area (Å²) in [5.41, 5.74) is 0.516. The summed E-state index contributed by atoms with van der Waals surface area (Å²) < 4.78 is 0. The van der Waals surface area contributed by atoms with Gasteiger partial charge in [-0.1, -0.05) is 0 Å². The van der Waals surface area contributed by atoms with E-state index in [9.17, 15) is 4.79 Å². The van der Waals surface area contributed by atoms with Gasteiger partial charge in [-0.15, -0.1) is 0 Å². The summed E-state index contributed by atoms with van der Waals surface area (Å²) in [5, 5.41) is 3.47. The molecule has 3 heterocycles. The second-order valence-corrected chi connectivity index (χ2v) is 5.89. The van der Waals surface area contributed by atoms with E-state index in [0.717, 1.165) is 26.2 Å². The number of rotatable bonds is 0. The lowest BCUT2D eigenvalue weighted by Crippen LogP contribution is -2.48. The minimum Gasteiger partial charge on any atom is -0.325 e. The fourth-order valence-corrected chi connectivity index (χ4v) is 3.50. The maximum Gasteiger partial charge on any atom is 0.319 e. The highest BCUT2D eigenvalue weighted by molar-refractivity contribution is 5.74. The lowest BCUT2D eigenvalue weighted by atomic mass is 9.78. The van der Waals surface area contributed by atoms with Crippen LogP contribution in [0, 0.1) is 5.41 Å². The molecule has 1 spiro atoms. The fraction of sp³-hybridized carbons (Fsp3) is 0.923. The van der Waals surface area contributed by atoms with Crippen LogP contribution in [-0.2, 0) is 0 Å². The first-order chi connectivity index (χ1) is 8.29. The van der Waals surface area contributed by atoms with Gasteiger partial charge in [0.1, 0.15) is 0 Å². The van der Waals surface area contributed by atoms with Gasteiger partial charge in [0, 0.05) is 32.7 Å². The summed E-state index contributed by atoms with van der Waals surface area (Å²) in [4.78, 5) is 16.4. The van der Waals surface area contributed by atoms with Crippen LogP contribution >= 0.6 is 0 Å². The zero-order chi connectivity index (χ0) is 11.7.